The molecule has 1 aromatic rings. The van der Waals surface area contributed by atoms with Crippen LogP contribution in [-0.2, 0) is 9.53 Å². The van der Waals surface area contributed by atoms with Crippen LogP contribution in [0.3, 0.4) is 0 Å². The molecular formula is C17H25NO2. The molecular weight excluding hydrogens is 250 g/mol. The van der Waals surface area contributed by atoms with Crippen molar-refractivity contribution in [1.29, 1.82) is 0 Å². The molecule has 1 fully saturated rings. The van der Waals surface area contributed by atoms with Gasteiger partial charge in [-0.25, -0.2) is 4.79 Å². The second kappa shape index (κ2) is 6.78. The minimum atomic E-state index is -0.228. The van der Waals surface area contributed by atoms with E-state index in [0.29, 0.717) is 5.92 Å². The number of nitrogens with one attached hydrogen (secondary N) is 1. The van der Waals surface area contributed by atoms with Crippen molar-refractivity contribution in [2.24, 2.45) is 11.8 Å². The highest BCUT2D eigenvalue weighted by Crippen LogP contribution is 2.32. The molecule has 1 aromatic carbocycles. The molecule has 20 heavy (non-hydrogen) atoms. The van der Waals surface area contributed by atoms with Gasteiger partial charge in [0.05, 0.1) is 7.11 Å². The number of ether oxygens (including phenoxy) is 1. The van der Waals surface area contributed by atoms with E-state index in [-0.39, 0.29) is 12.0 Å². The van der Waals surface area contributed by atoms with E-state index >= 15 is 0 Å². The van der Waals surface area contributed by atoms with Crippen LogP contribution in [0.25, 0.3) is 0 Å². The van der Waals surface area contributed by atoms with Gasteiger partial charge in [0.2, 0.25) is 0 Å². The first-order valence-corrected chi connectivity index (χ1v) is 7.51. The van der Waals surface area contributed by atoms with Crippen LogP contribution in [0.4, 0.5) is 5.69 Å². The molecule has 0 radical (unpaired) electrons. The minimum absolute atomic E-state index is 0.146. The maximum atomic E-state index is 12.1. The summed E-state index contributed by atoms with van der Waals surface area (Å²) in [7, 11) is 1.47. The topological polar surface area (TPSA) is 38.3 Å². The number of hydrogen-bond donors (Lipinski definition) is 1. The first-order valence-electron chi connectivity index (χ1n) is 7.51. The van der Waals surface area contributed by atoms with Gasteiger partial charge in [0.25, 0.3) is 0 Å². The molecule has 0 aromatic heterocycles. The average molecular weight is 275 g/mol. The van der Waals surface area contributed by atoms with Crippen molar-refractivity contribution in [3.05, 3.63) is 29.8 Å². The zero-order valence-electron chi connectivity index (χ0n) is 12.7. The van der Waals surface area contributed by atoms with E-state index in [1.54, 1.807) is 0 Å². The molecule has 1 aliphatic carbocycles. The Morgan fingerprint density at radius 1 is 1.25 bits per heavy atom. The van der Waals surface area contributed by atoms with Crippen LogP contribution in [-0.4, -0.2) is 19.1 Å². The van der Waals surface area contributed by atoms with Crippen LogP contribution < -0.4 is 5.32 Å². The first kappa shape index (κ1) is 14.9. The Labute approximate surface area is 121 Å². The summed E-state index contributed by atoms with van der Waals surface area (Å²) in [5.74, 6) is 1.01. The molecule has 1 aliphatic rings. The zero-order valence-corrected chi connectivity index (χ0v) is 12.7. The molecule has 0 amide bonds. The van der Waals surface area contributed by atoms with Crippen LogP contribution in [0, 0.1) is 18.8 Å². The Balaban J connectivity index is 2.12. The van der Waals surface area contributed by atoms with Gasteiger partial charge in [-0.2, -0.15) is 0 Å². The van der Waals surface area contributed by atoms with Crippen molar-refractivity contribution in [3.63, 3.8) is 0 Å². The number of hydrogen-bond acceptors (Lipinski definition) is 3. The summed E-state index contributed by atoms with van der Waals surface area (Å²) >= 11 is 0. The van der Waals surface area contributed by atoms with Gasteiger partial charge in [0.1, 0.15) is 6.04 Å². The summed E-state index contributed by atoms with van der Waals surface area (Å²) in [6, 6.07) is 7.85. The second-order valence-electron chi connectivity index (χ2n) is 5.98. The van der Waals surface area contributed by atoms with E-state index < -0.39 is 0 Å². The standard InChI is InChI=1S/C17H25NO2/c1-12-8-10-14(11-9-12)16(17(19)20-3)18-15-7-5-4-6-13(15)2/h4-7,12,14,16,18H,8-11H2,1-3H3. The number of aryl methyl sites for hydroxylation is 1. The number of para-hydroxylation sites is 1. The smallest absolute Gasteiger partial charge is 0.328 e. The van der Waals surface area contributed by atoms with Gasteiger partial charge in [0.15, 0.2) is 0 Å². The first-order chi connectivity index (χ1) is 9.61. The quantitative estimate of drug-likeness (QED) is 0.850. The predicted molar refractivity (Wildman–Crippen MR) is 81.7 cm³/mol. The molecule has 0 bridgehead atoms. The molecule has 1 atom stereocenters. The van der Waals surface area contributed by atoms with Crippen LogP contribution in [0.5, 0.6) is 0 Å². The Bertz CT molecular complexity index is 450. The van der Waals surface area contributed by atoms with E-state index in [9.17, 15) is 4.79 Å². The van der Waals surface area contributed by atoms with Crippen LogP contribution in [0.15, 0.2) is 24.3 Å². The summed E-state index contributed by atoms with van der Waals surface area (Å²) in [6.07, 6.45) is 4.60. The number of benzene rings is 1. The van der Waals surface area contributed by atoms with Gasteiger partial charge in [-0.3, -0.25) is 0 Å². The molecule has 2 rings (SSSR count). The van der Waals surface area contributed by atoms with Crippen molar-refractivity contribution in [2.75, 3.05) is 12.4 Å². The molecule has 3 heteroatoms. The van der Waals surface area contributed by atoms with Crippen molar-refractivity contribution in [2.45, 2.75) is 45.6 Å². The summed E-state index contributed by atoms with van der Waals surface area (Å²) in [5.41, 5.74) is 2.19. The summed E-state index contributed by atoms with van der Waals surface area (Å²) in [5, 5.41) is 3.41. The lowest BCUT2D eigenvalue weighted by Gasteiger charge is -2.32. The summed E-state index contributed by atoms with van der Waals surface area (Å²) in [6.45, 7) is 4.34. The van der Waals surface area contributed by atoms with Crippen molar-refractivity contribution < 1.29 is 9.53 Å². The molecule has 0 spiro atoms. The Morgan fingerprint density at radius 3 is 2.50 bits per heavy atom. The van der Waals surface area contributed by atoms with Gasteiger partial charge in [0, 0.05) is 5.69 Å². The van der Waals surface area contributed by atoms with Crippen molar-refractivity contribution >= 4 is 11.7 Å². The molecule has 1 N–H and O–H groups in total. The molecule has 1 saturated carbocycles. The Hall–Kier alpha value is -1.51. The SMILES string of the molecule is COC(=O)C(Nc1ccccc1C)C1CCC(C)CC1. The third-order valence-electron chi connectivity index (χ3n) is 4.44. The van der Waals surface area contributed by atoms with Gasteiger partial charge < -0.3 is 10.1 Å². The van der Waals surface area contributed by atoms with Crippen LogP contribution in [0.2, 0.25) is 0 Å². The van der Waals surface area contributed by atoms with E-state index in [1.165, 1.54) is 20.0 Å². The minimum Gasteiger partial charge on any atom is -0.467 e. The number of rotatable bonds is 4. The second-order valence-corrected chi connectivity index (χ2v) is 5.98. The van der Waals surface area contributed by atoms with Gasteiger partial charge in [-0.1, -0.05) is 38.0 Å². The highest BCUT2D eigenvalue weighted by Gasteiger charge is 2.32. The van der Waals surface area contributed by atoms with E-state index in [2.05, 4.69) is 25.2 Å². The Morgan fingerprint density at radius 2 is 1.90 bits per heavy atom. The molecule has 0 aliphatic heterocycles. The third-order valence-corrected chi connectivity index (χ3v) is 4.44. The predicted octanol–water partition coefficient (Wildman–Crippen LogP) is 3.77. The summed E-state index contributed by atoms with van der Waals surface area (Å²) < 4.78 is 5.00. The molecule has 1 unspecified atom stereocenters. The Kier molecular flexibility index (Phi) is 5.05. The van der Waals surface area contributed by atoms with Gasteiger partial charge in [-0.15, -0.1) is 0 Å². The lowest BCUT2D eigenvalue weighted by atomic mass is 9.79. The molecule has 110 valence electrons. The number of carbonyl (C=O) groups is 1. The molecule has 3 nitrogen and oxygen atoms in total. The third kappa shape index (κ3) is 3.53. The maximum Gasteiger partial charge on any atom is 0.328 e. The fourth-order valence-corrected chi connectivity index (χ4v) is 3.02. The number of esters is 1. The average Bonchev–Trinajstić information content (AvgIpc) is 2.47. The van der Waals surface area contributed by atoms with E-state index in [4.69, 9.17) is 4.74 Å². The van der Waals surface area contributed by atoms with Crippen LogP contribution >= 0.6 is 0 Å². The maximum absolute atomic E-state index is 12.1. The molecule has 0 saturated heterocycles. The van der Waals surface area contributed by atoms with E-state index in [0.717, 1.165) is 30.0 Å². The number of carbonyl (C=O) groups excluding carboxylic acids is 1. The fraction of sp³-hybridized carbons (Fsp3) is 0.588. The fourth-order valence-electron chi connectivity index (χ4n) is 3.02. The van der Waals surface area contributed by atoms with E-state index in [1.807, 2.05) is 18.2 Å². The highest BCUT2D eigenvalue weighted by molar-refractivity contribution is 5.80. The van der Waals surface area contributed by atoms with Crippen molar-refractivity contribution in [3.8, 4) is 0 Å². The largest absolute Gasteiger partial charge is 0.467 e. The summed E-state index contributed by atoms with van der Waals surface area (Å²) in [4.78, 5) is 12.1. The number of methoxy groups -OCH3 is 1. The lowest BCUT2D eigenvalue weighted by Crippen LogP contribution is -2.39. The highest BCUT2D eigenvalue weighted by atomic mass is 16.5. The van der Waals surface area contributed by atoms with Crippen LogP contribution in [0.1, 0.15) is 38.2 Å². The lowest BCUT2D eigenvalue weighted by molar-refractivity contribution is -0.143. The van der Waals surface area contributed by atoms with Gasteiger partial charge >= 0.3 is 5.97 Å². The zero-order chi connectivity index (χ0) is 14.5. The normalized spacial score (nSPS) is 23.9. The van der Waals surface area contributed by atoms with Crippen molar-refractivity contribution in [1.82, 2.24) is 0 Å². The van der Waals surface area contributed by atoms with Gasteiger partial charge in [-0.05, 0) is 43.2 Å². The molecule has 0 heterocycles. The number of anilines is 1. The monoisotopic (exact) mass is 275 g/mol.